The van der Waals surface area contributed by atoms with Crippen LogP contribution in [0.5, 0.6) is 0 Å². The van der Waals surface area contributed by atoms with Gasteiger partial charge in [0.15, 0.2) is 5.78 Å². The molecule has 0 radical (unpaired) electrons. The molecule has 2 heterocycles. The van der Waals surface area contributed by atoms with Gasteiger partial charge in [0.05, 0.1) is 5.69 Å². The summed E-state index contributed by atoms with van der Waals surface area (Å²) in [5, 5.41) is 6.88. The van der Waals surface area contributed by atoms with E-state index in [1.165, 1.54) is 15.6 Å². The number of fused-ring (bicyclic) bond motifs is 1. The molecule has 0 atom stereocenters. The van der Waals surface area contributed by atoms with Gasteiger partial charge in [-0.15, -0.1) is 0 Å². The van der Waals surface area contributed by atoms with E-state index < -0.39 is 0 Å². The normalized spacial score (nSPS) is 15.2. The minimum absolute atomic E-state index is 0.0780. The van der Waals surface area contributed by atoms with Crippen molar-refractivity contribution in [2.45, 2.75) is 33.6 Å². The number of amides is 1. The highest BCUT2D eigenvalue weighted by molar-refractivity contribution is 6.08. The Hall–Kier alpha value is -3.42. The first-order chi connectivity index (χ1) is 13.7. The molecule has 0 saturated heterocycles. The molecule has 0 fully saturated rings. The molecule has 150 valence electrons. The summed E-state index contributed by atoms with van der Waals surface area (Å²) in [6.07, 6.45) is 2.65. The molecule has 8 nitrogen and oxygen atoms in total. The molecule has 1 aliphatic rings. The van der Waals surface area contributed by atoms with E-state index in [-0.39, 0.29) is 22.8 Å². The van der Waals surface area contributed by atoms with Gasteiger partial charge in [0.2, 0.25) is 0 Å². The SMILES string of the molecule is Cc1c(C(=O)Nc2ccc(-n3ncn(C)c3=O)cc2)[nH]c2c1C(=O)CC(C)(C)C2. The number of aryl methyl sites for hydroxylation is 1. The number of rotatable bonds is 3. The first-order valence-corrected chi connectivity index (χ1v) is 9.43. The van der Waals surface area contributed by atoms with E-state index >= 15 is 0 Å². The summed E-state index contributed by atoms with van der Waals surface area (Å²) in [4.78, 5) is 40.5. The number of benzene rings is 1. The van der Waals surface area contributed by atoms with Crippen molar-refractivity contribution < 1.29 is 9.59 Å². The van der Waals surface area contributed by atoms with E-state index in [1.54, 1.807) is 38.2 Å². The van der Waals surface area contributed by atoms with Crippen LogP contribution in [0.3, 0.4) is 0 Å². The summed E-state index contributed by atoms with van der Waals surface area (Å²) >= 11 is 0. The van der Waals surface area contributed by atoms with Crippen LogP contribution in [0.1, 0.15) is 52.4 Å². The highest BCUT2D eigenvalue weighted by Gasteiger charge is 2.35. The fraction of sp³-hybridized carbons (Fsp3) is 0.333. The fourth-order valence-electron chi connectivity index (χ4n) is 3.89. The maximum Gasteiger partial charge on any atom is 0.350 e. The van der Waals surface area contributed by atoms with Gasteiger partial charge in [-0.05, 0) is 48.6 Å². The summed E-state index contributed by atoms with van der Waals surface area (Å²) in [6, 6.07) is 6.84. The highest BCUT2D eigenvalue weighted by atomic mass is 16.2. The van der Waals surface area contributed by atoms with Crippen LogP contribution in [-0.4, -0.2) is 31.0 Å². The topological polar surface area (TPSA) is 102 Å². The molecular weight excluding hydrogens is 370 g/mol. The molecule has 0 bridgehead atoms. The Labute approximate surface area is 167 Å². The lowest BCUT2D eigenvalue weighted by Crippen LogP contribution is -2.26. The quantitative estimate of drug-likeness (QED) is 0.714. The number of carbonyl (C=O) groups is 2. The third-order valence-corrected chi connectivity index (χ3v) is 5.32. The average Bonchev–Trinajstić information content (AvgIpc) is 3.15. The van der Waals surface area contributed by atoms with Crippen molar-refractivity contribution in [3.05, 3.63) is 63.6 Å². The van der Waals surface area contributed by atoms with Crippen LogP contribution in [0.25, 0.3) is 5.69 Å². The van der Waals surface area contributed by atoms with E-state index in [4.69, 9.17) is 0 Å². The van der Waals surface area contributed by atoms with Crippen molar-refractivity contribution in [3.63, 3.8) is 0 Å². The van der Waals surface area contributed by atoms with Crippen molar-refractivity contribution in [2.75, 3.05) is 5.32 Å². The van der Waals surface area contributed by atoms with Crippen LogP contribution in [0.4, 0.5) is 5.69 Å². The van der Waals surface area contributed by atoms with Crippen molar-refractivity contribution in [2.24, 2.45) is 12.5 Å². The number of Topliss-reactive ketones (excluding diaryl/α,β-unsaturated/α-hetero) is 1. The molecule has 2 aromatic heterocycles. The summed E-state index contributed by atoms with van der Waals surface area (Å²) in [5.41, 5.74) is 3.41. The van der Waals surface area contributed by atoms with E-state index in [1.807, 2.05) is 0 Å². The largest absolute Gasteiger partial charge is 0.354 e. The van der Waals surface area contributed by atoms with Crippen LogP contribution in [0.2, 0.25) is 0 Å². The molecule has 1 aliphatic carbocycles. The smallest absolute Gasteiger partial charge is 0.350 e. The molecule has 0 saturated carbocycles. The van der Waals surface area contributed by atoms with Gasteiger partial charge in [-0.25, -0.2) is 4.79 Å². The predicted octanol–water partition coefficient (Wildman–Crippen LogP) is 2.61. The van der Waals surface area contributed by atoms with Gasteiger partial charge in [0, 0.05) is 30.4 Å². The zero-order chi connectivity index (χ0) is 20.9. The third-order valence-electron chi connectivity index (χ3n) is 5.32. The van der Waals surface area contributed by atoms with Crippen LogP contribution in [0.15, 0.2) is 35.4 Å². The molecule has 0 spiro atoms. The Bertz CT molecular complexity index is 1180. The second-order valence-electron chi connectivity index (χ2n) is 8.36. The molecule has 0 unspecified atom stereocenters. The second-order valence-corrected chi connectivity index (χ2v) is 8.36. The van der Waals surface area contributed by atoms with Gasteiger partial charge >= 0.3 is 5.69 Å². The highest BCUT2D eigenvalue weighted by Crippen LogP contribution is 2.36. The Morgan fingerprint density at radius 1 is 1.17 bits per heavy atom. The summed E-state index contributed by atoms with van der Waals surface area (Å²) in [7, 11) is 1.63. The van der Waals surface area contributed by atoms with Crippen LogP contribution < -0.4 is 11.0 Å². The molecule has 0 aliphatic heterocycles. The minimum atomic E-state index is -0.301. The summed E-state index contributed by atoms with van der Waals surface area (Å²) in [6.45, 7) is 5.91. The van der Waals surface area contributed by atoms with Crippen LogP contribution in [0, 0.1) is 12.3 Å². The number of anilines is 1. The number of nitrogens with zero attached hydrogens (tertiary/aromatic N) is 3. The molecule has 8 heteroatoms. The zero-order valence-electron chi connectivity index (χ0n) is 16.9. The number of aromatic amines is 1. The Morgan fingerprint density at radius 3 is 2.48 bits per heavy atom. The number of hydrogen-bond acceptors (Lipinski definition) is 4. The number of hydrogen-bond donors (Lipinski definition) is 2. The number of carbonyl (C=O) groups excluding carboxylic acids is 2. The number of nitrogens with one attached hydrogen (secondary N) is 2. The molecule has 4 rings (SSSR count). The number of H-pyrrole nitrogens is 1. The Morgan fingerprint density at radius 2 is 1.86 bits per heavy atom. The Kier molecular flexibility index (Phi) is 4.29. The maximum atomic E-state index is 12.8. The average molecular weight is 393 g/mol. The van der Waals surface area contributed by atoms with E-state index in [2.05, 4.69) is 29.2 Å². The molecule has 1 aromatic carbocycles. The lowest BCUT2D eigenvalue weighted by molar-refractivity contribution is 0.0910. The summed E-state index contributed by atoms with van der Waals surface area (Å²) < 4.78 is 2.66. The minimum Gasteiger partial charge on any atom is -0.354 e. The summed E-state index contributed by atoms with van der Waals surface area (Å²) in [5.74, 6) is -0.223. The van der Waals surface area contributed by atoms with Crippen LogP contribution in [-0.2, 0) is 13.5 Å². The molecule has 29 heavy (non-hydrogen) atoms. The molecule has 2 N–H and O–H groups in total. The van der Waals surface area contributed by atoms with Crippen molar-refractivity contribution in [1.29, 1.82) is 0 Å². The fourth-order valence-corrected chi connectivity index (χ4v) is 3.89. The van der Waals surface area contributed by atoms with E-state index in [0.717, 1.165) is 12.1 Å². The van der Waals surface area contributed by atoms with Crippen LogP contribution >= 0.6 is 0 Å². The van der Waals surface area contributed by atoms with Crippen molar-refractivity contribution >= 4 is 17.4 Å². The number of aromatic nitrogens is 4. The molecule has 1 amide bonds. The maximum absolute atomic E-state index is 12.8. The first-order valence-electron chi connectivity index (χ1n) is 9.43. The van der Waals surface area contributed by atoms with Gasteiger partial charge < -0.3 is 10.3 Å². The van der Waals surface area contributed by atoms with Gasteiger partial charge in [0.1, 0.15) is 12.0 Å². The van der Waals surface area contributed by atoms with E-state index in [9.17, 15) is 14.4 Å². The van der Waals surface area contributed by atoms with Crippen molar-refractivity contribution in [3.8, 4) is 5.69 Å². The lowest BCUT2D eigenvalue weighted by atomic mass is 9.75. The van der Waals surface area contributed by atoms with Gasteiger partial charge in [0.25, 0.3) is 5.91 Å². The second kappa shape index (κ2) is 6.58. The molecular formula is C21H23N5O3. The number of ketones is 1. The van der Waals surface area contributed by atoms with E-state index in [0.29, 0.717) is 34.6 Å². The molecule has 3 aromatic rings. The zero-order valence-corrected chi connectivity index (χ0v) is 16.9. The predicted molar refractivity (Wildman–Crippen MR) is 109 cm³/mol. The van der Waals surface area contributed by atoms with Gasteiger partial charge in [-0.2, -0.15) is 9.78 Å². The van der Waals surface area contributed by atoms with Gasteiger partial charge in [-0.1, -0.05) is 13.8 Å². The first kappa shape index (κ1) is 18.9. The monoisotopic (exact) mass is 393 g/mol. The third kappa shape index (κ3) is 3.30. The van der Waals surface area contributed by atoms with Crippen molar-refractivity contribution in [1.82, 2.24) is 19.3 Å². The Balaban J connectivity index is 1.57. The lowest BCUT2D eigenvalue weighted by Gasteiger charge is -2.28. The van der Waals surface area contributed by atoms with Gasteiger partial charge in [-0.3, -0.25) is 14.2 Å². The standard InChI is InChI=1S/C21H23N5O3/c1-12-17-15(9-21(2,3)10-16(17)27)24-18(12)19(28)23-13-5-7-14(8-6-13)26-20(29)25(4)11-22-26/h5-8,11,24H,9-10H2,1-4H3,(H,23,28).